The van der Waals surface area contributed by atoms with Gasteiger partial charge in [-0.1, -0.05) is 48.5 Å². The minimum Gasteiger partial charge on any atom is -0.321 e. The molecule has 1 aliphatic rings. The first-order valence-corrected chi connectivity index (χ1v) is 7.96. The van der Waals surface area contributed by atoms with Gasteiger partial charge in [0.25, 0.3) is 5.91 Å². The summed E-state index contributed by atoms with van der Waals surface area (Å²) in [6, 6.07) is 20.2. The van der Waals surface area contributed by atoms with Gasteiger partial charge in [-0.15, -0.1) is 11.3 Å². The van der Waals surface area contributed by atoms with Crippen LogP contribution in [0.25, 0.3) is 22.8 Å². The van der Waals surface area contributed by atoms with Crippen LogP contribution in [0.3, 0.4) is 0 Å². The third kappa shape index (κ3) is 2.26. The third-order valence-corrected chi connectivity index (χ3v) is 4.60. The van der Waals surface area contributed by atoms with Gasteiger partial charge in [-0.05, 0) is 34.7 Å². The molecular weight excluding hydrogens is 290 g/mol. The van der Waals surface area contributed by atoms with Crippen LogP contribution < -0.4 is 5.32 Å². The Bertz CT molecular complexity index is 877. The highest BCUT2D eigenvalue weighted by atomic mass is 32.1. The summed E-state index contributed by atoms with van der Waals surface area (Å²) in [5.41, 5.74) is 4.97. The molecule has 3 aromatic rings. The molecule has 2 nitrogen and oxygen atoms in total. The van der Waals surface area contributed by atoms with E-state index in [0.717, 1.165) is 21.7 Å². The van der Waals surface area contributed by atoms with Gasteiger partial charge in [-0.25, -0.2) is 0 Å². The van der Waals surface area contributed by atoms with Gasteiger partial charge in [-0.2, -0.15) is 0 Å². The van der Waals surface area contributed by atoms with Gasteiger partial charge in [0.05, 0.1) is 5.57 Å². The van der Waals surface area contributed by atoms with Gasteiger partial charge in [0, 0.05) is 16.1 Å². The van der Waals surface area contributed by atoms with E-state index in [1.165, 1.54) is 11.1 Å². The maximum Gasteiger partial charge on any atom is 0.256 e. The van der Waals surface area contributed by atoms with Crippen LogP contribution in [0.1, 0.15) is 10.4 Å². The molecule has 0 aliphatic carbocycles. The lowest BCUT2D eigenvalue weighted by Gasteiger charge is -1.96. The molecule has 1 aromatic heterocycles. The van der Waals surface area contributed by atoms with Crippen molar-refractivity contribution in [2.45, 2.75) is 0 Å². The van der Waals surface area contributed by atoms with Crippen LogP contribution in [0, 0.1) is 0 Å². The van der Waals surface area contributed by atoms with Gasteiger partial charge in [0.1, 0.15) is 0 Å². The van der Waals surface area contributed by atoms with Crippen LogP contribution in [0.2, 0.25) is 0 Å². The SMILES string of the molecule is O=C1Nc2ccccc2/C1=C\c1cc(-c2ccccc2)cs1. The maximum atomic E-state index is 12.1. The summed E-state index contributed by atoms with van der Waals surface area (Å²) in [5, 5.41) is 5.03. The van der Waals surface area contributed by atoms with Crippen LogP contribution in [-0.4, -0.2) is 5.91 Å². The zero-order valence-electron chi connectivity index (χ0n) is 11.7. The highest BCUT2D eigenvalue weighted by Gasteiger charge is 2.23. The number of nitrogens with one attached hydrogen (secondary N) is 1. The minimum atomic E-state index is -0.0316. The normalized spacial score (nSPS) is 14.9. The van der Waals surface area contributed by atoms with Crippen LogP contribution >= 0.6 is 11.3 Å². The van der Waals surface area contributed by atoms with E-state index in [4.69, 9.17) is 0 Å². The molecule has 22 heavy (non-hydrogen) atoms. The molecule has 4 rings (SSSR count). The van der Waals surface area contributed by atoms with Gasteiger partial charge in [0.15, 0.2) is 0 Å². The van der Waals surface area contributed by atoms with Crippen molar-refractivity contribution in [1.29, 1.82) is 0 Å². The molecule has 0 spiro atoms. The zero-order chi connectivity index (χ0) is 14.9. The van der Waals surface area contributed by atoms with E-state index < -0.39 is 0 Å². The molecule has 1 aliphatic heterocycles. The van der Waals surface area contributed by atoms with Crippen molar-refractivity contribution in [3.8, 4) is 11.1 Å². The van der Waals surface area contributed by atoms with Crippen molar-refractivity contribution in [2.24, 2.45) is 0 Å². The summed E-state index contributed by atoms with van der Waals surface area (Å²) in [6.45, 7) is 0. The Morgan fingerprint density at radius 3 is 2.55 bits per heavy atom. The number of benzene rings is 2. The molecule has 3 heteroatoms. The number of thiophene rings is 1. The fraction of sp³-hybridized carbons (Fsp3) is 0. The summed E-state index contributed by atoms with van der Waals surface area (Å²) in [6.07, 6.45) is 1.97. The number of carbonyl (C=O) groups is 1. The smallest absolute Gasteiger partial charge is 0.256 e. The quantitative estimate of drug-likeness (QED) is 0.670. The van der Waals surface area contributed by atoms with Gasteiger partial charge in [0.2, 0.25) is 0 Å². The van der Waals surface area contributed by atoms with E-state index in [-0.39, 0.29) is 5.91 Å². The van der Waals surface area contributed by atoms with E-state index >= 15 is 0 Å². The van der Waals surface area contributed by atoms with Crippen molar-refractivity contribution >= 4 is 34.6 Å². The second kappa shape index (κ2) is 5.28. The Balaban J connectivity index is 1.72. The predicted molar refractivity (Wildman–Crippen MR) is 92.7 cm³/mol. The number of anilines is 1. The Labute approximate surface area is 132 Å². The van der Waals surface area contributed by atoms with Gasteiger partial charge < -0.3 is 5.32 Å². The molecular formula is C19H13NOS. The van der Waals surface area contributed by atoms with Crippen LogP contribution in [-0.2, 0) is 4.79 Å². The summed E-state index contributed by atoms with van der Waals surface area (Å²) in [4.78, 5) is 13.2. The first-order valence-electron chi connectivity index (χ1n) is 7.08. The highest BCUT2D eigenvalue weighted by Crippen LogP contribution is 2.34. The zero-order valence-corrected chi connectivity index (χ0v) is 12.6. The van der Waals surface area contributed by atoms with E-state index in [1.54, 1.807) is 11.3 Å². The van der Waals surface area contributed by atoms with E-state index in [1.807, 2.05) is 48.5 Å². The van der Waals surface area contributed by atoms with Crippen LogP contribution in [0.15, 0.2) is 66.0 Å². The standard InChI is InChI=1S/C19H13NOS/c21-19-17(16-8-4-5-9-18(16)20-19)11-15-10-14(12-22-15)13-6-2-1-3-7-13/h1-12H,(H,20,21)/b17-11+. The van der Waals surface area contributed by atoms with Crippen LogP contribution in [0.4, 0.5) is 5.69 Å². The monoisotopic (exact) mass is 303 g/mol. The molecule has 0 bridgehead atoms. The average molecular weight is 303 g/mol. The Morgan fingerprint density at radius 2 is 1.68 bits per heavy atom. The third-order valence-electron chi connectivity index (χ3n) is 3.72. The molecule has 0 saturated carbocycles. The summed E-state index contributed by atoms with van der Waals surface area (Å²) in [7, 11) is 0. The predicted octanol–water partition coefficient (Wildman–Crippen LogP) is 4.91. The lowest BCUT2D eigenvalue weighted by Crippen LogP contribution is -2.03. The van der Waals surface area contributed by atoms with Gasteiger partial charge >= 0.3 is 0 Å². The van der Waals surface area contributed by atoms with Gasteiger partial charge in [-0.3, -0.25) is 4.79 Å². The molecule has 0 saturated heterocycles. The number of carbonyl (C=O) groups excluding carboxylic acids is 1. The summed E-state index contributed by atoms with van der Waals surface area (Å²) in [5.74, 6) is -0.0316. The van der Waals surface area contributed by atoms with Crippen molar-refractivity contribution in [3.05, 3.63) is 76.5 Å². The largest absolute Gasteiger partial charge is 0.321 e. The average Bonchev–Trinajstić information content (AvgIpc) is 3.14. The highest BCUT2D eigenvalue weighted by molar-refractivity contribution is 7.11. The molecule has 106 valence electrons. The first-order chi connectivity index (χ1) is 10.8. The number of rotatable bonds is 2. The van der Waals surface area contributed by atoms with E-state index in [0.29, 0.717) is 0 Å². The number of amides is 1. The molecule has 2 aromatic carbocycles. The van der Waals surface area contributed by atoms with E-state index in [2.05, 4.69) is 28.9 Å². The molecule has 0 fully saturated rings. The number of hydrogen-bond donors (Lipinski definition) is 1. The van der Waals surface area contributed by atoms with Crippen molar-refractivity contribution in [2.75, 3.05) is 5.32 Å². The lowest BCUT2D eigenvalue weighted by atomic mass is 10.1. The maximum absolute atomic E-state index is 12.1. The summed E-state index contributed by atoms with van der Waals surface area (Å²) >= 11 is 1.65. The fourth-order valence-corrected chi connectivity index (χ4v) is 3.48. The number of para-hydroxylation sites is 1. The summed E-state index contributed by atoms with van der Waals surface area (Å²) < 4.78 is 0. The molecule has 2 heterocycles. The topological polar surface area (TPSA) is 29.1 Å². The second-order valence-corrected chi connectivity index (χ2v) is 6.10. The Kier molecular flexibility index (Phi) is 3.13. The first kappa shape index (κ1) is 13.0. The van der Waals surface area contributed by atoms with Crippen molar-refractivity contribution < 1.29 is 4.79 Å². The fourth-order valence-electron chi connectivity index (χ4n) is 2.63. The molecule has 0 radical (unpaired) electrons. The second-order valence-electron chi connectivity index (χ2n) is 5.16. The molecule has 1 amide bonds. The minimum absolute atomic E-state index is 0.0316. The number of fused-ring (bicyclic) bond motifs is 1. The molecule has 0 unspecified atom stereocenters. The van der Waals surface area contributed by atoms with Crippen molar-refractivity contribution in [1.82, 2.24) is 0 Å². The molecule has 1 N–H and O–H groups in total. The Morgan fingerprint density at radius 1 is 0.909 bits per heavy atom. The Hall–Kier alpha value is -2.65. The molecule has 0 atom stereocenters. The van der Waals surface area contributed by atoms with Crippen molar-refractivity contribution in [3.63, 3.8) is 0 Å². The van der Waals surface area contributed by atoms with E-state index in [9.17, 15) is 4.79 Å². The lowest BCUT2D eigenvalue weighted by molar-refractivity contribution is -0.110. The number of hydrogen-bond acceptors (Lipinski definition) is 2. The van der Waals surface area contributed by atoms with Crippen LogP contribution in [0.5, 0.6) is 0 Å².